The highest BCUT2D eigenvalue weighted by molar-refractivity contribution is 9.11. The van der Waals surface area contributed by atoms with Gasteiger partial charge in [-0.25, -0.2) is 0 Å². The Morgan fingerprint density at radius 3 is 2.85 bits per heavy atom. The molecule has 0 aromatic heterocycles. The molecule has 0 saturated heterocycles. The van der Waals surface area contributed by atoms with Crippen LogP contribution in [0, 0.1) is 11.8 Å². The van der Waals surface area contributed by atoms with Crippen LogP contribution in [-0.2, 0) is 0 Å². The topological polar surface area (TPSA) is 20.2 Å². The Morgan fingerprint density at radius 2 is 2.31 bits per heavy atom. The molecule has 1 saturated carbocycles. The Bertz CT molecular complexity index is 298. The van der Waals surface area contributed by atoms with Crippen LogP contribution in [0.15, 0.2) is 21.8 Å². The van der Waals surface area contributed by atoms with E-state index in [1.54, 1.807) is 0 Å². The van der Waals surface area contributed by atoms with Crippen LogP contribution in [-0.4, -0.2) is 17.2 Å². The summed E-state index contributed by atoms with van der Waals surface area (Å²) in [5.41, 5.74) is 1.08. The summed E-state index contributed by atoms with van der Waals surface area (Å²) in [7, 11) is 0.907. The van der Waals surface area contributed by atoms with E-state index in [1.165, 1.54) is 4.48 Å². The molecular weight excluding hydrogens is 295 g/mol. The molecule has 13 heavy (non-hydrogen) atoms. The van der Waals surface area contributed by atoms with E-state index in [-0.39, 0.29) is 0 Å². The number of aliphatic hydroxyl groups excluding tert-OH is 1. The summed E-state index contributed by atoms with van der Waals surface area (Å²) in [6.07, 6.45) is 3.21. The fourth-order valence-corrected chi connectivity index (χ4v) is 3.85. The quantitative estimate of drug-likeness (QED) is 0.583. The molecular formula is C9H11BBr2O. The molecule has 1 N–H and O–H groups in total. The summed E-state index contributed by atoms with van der Waals surface area (Å²) in [4.78, 5) is 0.459. The van der Waals surface area contributed by atoms with Gasteiger partial charge in [0.1, 0.15) is 0 Å². The Balaban J connectivity index is 2.33. The third kappa shape index (κ3) is 1.42. The molecule has 2 unspecified atom stereocenters. The van der Waals surface area contributed by atoms with E-state index in [4.69, 9.17) is 0 Å². The van der Waals surface area contributed by atoms with Crippen molar-refractivity contribution in [2.24, 2.45) is 11.8 Å². The summed E-state index contributed by atoms with van der Waals surface area (Å²) in [5, 5.41) is 9.93. The van der Waals surface area contributed by atoms with E-state index in [1.807, 2.05) is 0 Å². The highest BCUT2D eigenvalue weighted by Gasteiger charge is 2.45. The lowest BCUT2D eigenvalue weighted by atomic mass is 9.61. The Kier molecular flexibility index (Phi) is 2.62. The van der Waals surface area contributed by atoms with Crippen LogP contribution in [0.2, 0.25) is 6.82 Å². The lowest BCUT2D eigenvalue weighted by Gasteiger charge is -2.44. The van der Waals surface area contributed by atoms with Crippen molar-refractivity contribution in [1.82, 2.24) is 0 Å². The van der Waals surface area contributed by atoms with Crippen molar-refractivity contribution in [3.05, 3.63) is 21.8 Å². The molecule has 1 fully saturated rings. The number of halogens is 2. The first-order valence-corrected chi connectivity index (χ1v) is 6.29. The van der Waals surface area contributed by atoms with Crippen LogP contribution in [0.25, 0.3) is 0 Å². The maximum absolute atomic E-state index is 9.93. The van der Waals surface area contributed by atoms with Crippen molar-refractivity contribution in [3.63, 3.8) is 0 Å². The molecule has 2 aliphatic carbocycles. The molecule has 0 amide bonds. The van der Waals surface area contributed by atoms with Crippen molar-refractivity contribution in [2.45, 2.75) is 18.1 Å². The molecule has 0 spiro atoms. The molecule has 0 aromatic rings. The average Bonchev–Trinajstić information content (AvgIpc) is 2.07. The molecule has 70 valence electrons. The molecule has 3 atom stereocenters. The van der Waals surface area contributed by atoms with Crippen molar-refractivity contribution in [3.8, 4) is 0 Å². The molecule has 1 nitrogen and oxygen atoms in total. The Labute approximate surface area is 95.8 Å². The summed E-state index contributed by atoms with van der Waals surface area (Å²) < 4.78 is 1.25. The Hall–Kier alpha value is 0.305. The summed E-state index contributed by atoms with van der Waals surface area (Å²) >= 11 is 7.16. The molecule has 0 radical (unpaired) electrons. The summed E-state index contributed by atoms with van der Waals surface area (Å²) in [5.74, 6) is 1.43. The predicted octanol–water partition coefficient (Wildman–Crippen LogP) is 2.93. The SMILES string of the molecule is CBC1=C(O)C2C(Br)C[C@@H]2C(Br)=C1. The highest BCUT2D eigenvalue weighted by atomic mass is 79.9. The van der Waals surface area contributed by atoms with Crippen LogP contribution < -0.4 is 0 Å². The van der Waals surface area contributed by atoms with Crippen LogP contribution in [0.4, 0.5) is 0 Å². The van der Waals surface area contributed by atoms with Gasteiger partial charge >= 0.3 is 0 Å². The first-order valence-electron chi connectivity index (χ1n) is 4.58. The molecule has 0 heterocycles. The first kappa shape index (κ1) is 9.84. The van der Waals surface area contributed by atoms with E-state index in [2.05, 4.69) is 44.8 Å². The minimum absolute atomic E-state index is 0.314. The van der Waals surface area contributed by atoms with Crippen LogP contribution in [0.1, 0.15) is 6.42 Å². The van der Waals surface area contributed by atoms with Gasteiger partial charge in [0, 0.05) is 16.7 Å². The third-order valence-corrected chi connectivity index (χ3v) is 4.75. The zero-order valence-corrected chi connectivity index (χ0v) is 10.6. The molecule has 0 aliphatic heterocycles. The van der Waals surface area contributed by atoms with Gasteiger partial charge in [0.15, 0.2) is 7.28 Å². The van der Waals surface area contributed by atoms with Gasteiger partial charge in [-0.3, -0.25) is 0 Å². The first-order chi connectivity index (χ1) is 6.15. The average molecular weight is 306 g/mol. The number of allylic oxidation sites excluding steroid dienone is 4. The number of hydrogen-bond acceptors (Lipinski definition) is 1. The second kappa shape index (κ2) is 3.46. The molecule has 0 aromatic carbocycles. The van der Waals surface area contributed by atoms with E-state index in [0.29, 0.717) is 22.4 Å². The van der Waals surface area contributed by atoms with Crippen molar-refractivity contribution >= 4 is 39.1 Å². The van der Waals surface area contributed by atoms with Gasteiger partial charge in [-0.15, -0.1) is 0 Å². The van der Waals surface area contributed by atoms with Gasteiger partial charge in [-0.2, -0.15) is 0 Å². The largest absolute Gasteiger partial charge is 0.513 e. The van der Waals surface area contributed by atoms with Gasteiger partial charge < -0.3 is 5.11 Å². The number of rotatable bonds is 1. The minimum Gasteiger partial charge on any atom is -0.513 e. The van der Waals surface area contributed by atoms with Crippen molar-refractivity contribution < 1.29 is 5.11 Å². The minimum atomic E-state index is 0.314. The van der Waals surface area contributed by atoms with Gasteiger partial charge in [0.2, 0.25) is 0 Å². The number of aliphatic hydroxyl groups is 1. The van der Waals surface area contributed by atoms with E-state index in [9.17, 15) is 5.11 Å². The third-order valence-electron chi connectivity index (χ3n) is 2.99. The van der Waals surface area contributed by atoms with E-state index in [0.717, 1.165) is 19.2 Å². The molecule has 4 heteroatoms. The smallest absolute Gasteiger partial charge is 0.159 e. The fraction of sp³-hybridized carbons (Fsp3) is 0.556. The van der Waals surface area contributed by atoms with E-state index >= 15 is 0 Å². The summed E-state index contributed by atoms with van der Waals surface area (Å²) in [6, 6.07) is 0. The predicted molar refractivity (Wildman–Crippen MR) is 64.0 cm³/mol. The van der Waals surface area contributed by atoms with Gasteiger partial charge in [0.05, 0.1) is 5.76 Å². The van der Waals surface area contributed by atoms with Crippen LogP contribution in [0.3, 0.4) is 0 Å². The number of alkyl halides is 1. The van der Waals surface area contributed by atoms with Gasteiger partial charge in [0.25, 0.3) is 0 Å². The number of hydrogen-bond donors (Lipinski definition) is 1. The van der Waals surface area contributed by atoms with Crippen molar-refractivity contribution in [1.29, 1.82) is 0 Å². The van der Waals surface area contributed by atoms with Gasteiger partial charge in [-0.05, 0) is 16.4 Å². The normalized spacial score (nSPS) is 37.8. The second-order valence-corrected chi connectivity index (χ2v) is 5.77. The van der Waals surface area contributed by atoms with Crippen molar-refractivity contribution in [2.75, 3.05) is 0 Å². The molecule has 2 rings (SSSR count). The van der Waals surface area contributed by atoms with Crippen LogP contribution in [0.5, 0.6) is 0 Å². The van der Waals surface area contributed by atoms with Gasteiger partial charge in [-0.1, -0.05) is 44.8 Å². The maximum Gasteiger partial charge on any atom is 0.159 e. The maximum atomic E-state index is 9.93. The molecule has 2 aliphatic rings. The zero-order chi connectivity index (χ0) is 9.59. The van der Waals surface area contributed by atoms with E-state index < -0.39 is 0 Å². The second-order valence-electron chi connectivity index (χ2n) is 3.68. The zero-order valence-electron chi connectivity index (χ0n) is 7.43. The summed E-state index contributed by atoms with van der Waals surface area (Å²) in [6.45, 7) is 2.07. The lowest BCUT2D eigenvalue weighted by molar-refractivity contribution is 0.195. The highest BCUT2D eigenvalue weighted by Crippen LogP contribution is 2.52. The Morgan fingerprint density at radius 1 is 1.62 bits per heavy atom. The lowest BCUT2D eigenvalue weighted by Crippen LogP contribution is -2.41. The monoisotopic (exact) mass is 304 g/mol. The standard InChI is InChI=1S/C9H11BBr2O/c1-10-5-3-6(11)4-2-7(12)8(4)9(5)13/h3-4,7-8,10,13H,2H2,1H3/t4-,7?,8?/m1/s1. The fourth-order valence-electron chi connectivity index (χ4n) is 2.08. The molecule has 0 bridgehead atoms. The number of fused-ring (bicyclic) bond motifs is 1. The van der Waals surface area contributed by atoms with Crippen LogP contribution >= 0.6 is 31.9 Å².